The molecule has 2 aromatic carbocycles. The van der Waals surface area contributed by atoms with E-state index in [-0.39, 0.29) is 17.6 Å². The molecule has 4 nitrogen and oxygen atoms in total. The van der Waals surface area contributed by atoms with Crippen LogP contribution in [0.5, 0.6) is 0 Å². The highest BCUT2D eigenvalue weighted by Gasteiger charge is 2.42. The summed E-state index contributed by atoms with van der Waals surface area (Å²) in [7, 11) is 0. The Hall–Kier alpha value is -3.16. The van der Waals surface area contributed by atoms with Gasteiger partial charge in [-0.2, -0.15) is 0 Å². The van der Waals surface area contributed by atoms with Gasteiger partial charge in [0.2, 0.25) is 0 Å². The van der Waals surface area contributed by atoms with Gasteiger partial charge in [0.05, 0.1) is 4.21 Å². The molecule has 3 aromatic rings. The second kappa shape index (κ2) is 10.1. The third-order valence-corrected chi connectivity index (χ3v) is 8.99. The van der Waals surface area contributed by atoms with E-state index in [1.165, 1.54) is 12.1 Å². The molecule has 0 bridgehead atoms. The van der Waals surface area contributed by atoms with Crippen molar-refractivity contribution in [3.05, 3.63) is 105 Å². The fourth-order valence-electron chi connectivity index (χ4n) is 5.25. The zero-order chi connectivity index (χ0) is 25.4. The van der Waals surface area contributed by atoms with Gasteiger partial charge in [0.15, 0.2) is 5.78 Å². The summed E-state index contributed by atoms with van der Waals surface area (Å²) in [4.78, 5) is 28.6. The van der Waals surface area contributed by atoms with Crippen LogP contribution in [0.2, 0.25) is 0 Å². The Bertz CT molecular complexity index is 1410. The number of thioether (sulfide) groups is 1. The molecule has 2 atom stereocenters. The number of carbonyl (C=O) groups is 2. The molecule has 0 saturated heterocycles. The standard InChI is InChI=1S/C29H27FN2O2S2/c1-16-12-22(29(35-3)36-16)26-25(28(34)32-21-11-7-10-20(30)15-21)17(2)31-23-13-19(14-24(33)27(23)26)18-8-5-4-6-9-18/h4-12,15,19,26,31H,13-14H2,1-3H3,(H,32,34)/t19-,26+/m0/s1. The molecule has 184 valence electrons. The van der Waals surface area contributed by atoms with Crippen LogP contribution in [-0.2, 0) is 9.59 Å². The molecular weight excluding hydrogens is 491 g/mol. The van der Waals surface area contributed by atoms with E-state index in [2.05, 4.69) is 28.8 Å². The molecular formula is C29H27FN2O2S2. The van der Waals surface area contributed by atoms with Crippen LogP contribution in [0.4, 0.5) is 10.1 Å². The minimum Gasteiger partial charge on any atom is -0.362 e. The van der Waals surface area contributed by atoms with Crippen LogP contribution in [0.25, 0.3) is 0 Å². The number of thiophene rings is 1. The van der Waals surface area contributed by atoms with Crippen LogP contribution in [0.15, 0.2) is 87.4 Å². The first-order chi connectivity index (χ1) is 17.4. The van der Waals surface area contributed by atoms with Crippen LogP contribution in [0, 0.1) is 12.7 Å². The van der Waals surface area contributed by atoms with Crippen molar-refractivity contribution in [2.24, 2.45) is 0 Å². The molecule has 0 radical (unpaired) electrons. The van der Waals surface area contributed by atoms with Gasteiger partial charge >= 0.3 is 0 Å². The molecule has 0 spiro atoms. The summed E-state index contributed by atoms with van der Waals surface area (Å²) in [5.74, 6) is -1.09. The number of aryl methyl sites for hydroxylation is 1. The van der Waals surface area contributed by atoms with Crippen molar-refractivity contribution in [3.8, 4) is 0 Å². The number of anilines is 1. The topological polar surface area (TPSA) is 58.2 Å². The van der Waals surface area contributed by atoms with Crippen molar-refractivity contribution in [3.63, 3.8) is 0 Å². The Balaban J connectivity index is 1.59. The van der Waals surface area contributed by atoms with Gasteiger partial charge in [-0.3, -0.25) is 9.59 Å². The predicted octanol–water partition coefficient (Wildman–Crippen LogP) is 6.92. The molecule has 2 aliphatic rings. The van der Waals surface area contributed by atoms with Crippen molar-refractivity contribution in [1.29, 1.82) is 0 Å². The number of amides is 1. The number of nitrogens with one attached hydrogen (secondary N) is 2. The minimum absolute atomic E-state index is 0.0575. The number of allylic oxidation sites excluding steroid dienone is 3. The number of ketones is 1. The lowest BCUT2D eigenvalue weighted by atomic mass is 9.72. The first-order valence-electron chi connectivity index (χ1n) is 11.9. The van der Waals surface area contributed by atoms with Gasteiger partial charge < -0.3 is 10.6 Å². The van der Waals surface area contributed by atoms with Gasteiger partial charge in [-0.05, 0) is 67.8 Å². The number of Topliss-reactive ketones (excluding diaryl/α,β-unsaturated/α-hetero) is 1. The molecule has 1 aliphatic carbocycles. The number of rotatable bonds is 5. The maximum atomic E-state index is 13.8. The summed E-state index contributed by atoms with van der Waals surface area (Å²) < 4.78 is 14.9. The maximum absolute atomic E-state index is 13.8. The molecule has 7 heteroatoms. The predicted molar refractivity (Wildman–Crippen MR) is 145 cm³/mol. The molecule has 0 fully saturated rings. The van der Waals surface area contributed by atoms with E-state index in [1.54, 1.807) is 35.2 Å². The monoisotopic (exact) mass is 518 g/mol. The van der Waals surface area contributed by atoms with E-state index < -0.39 is 11.7 Å². The van der Waals surface area contributed by atoms with E-state index in [0.717, 1.165) is 25.9 Å². The Kier molecular flexibility index (Phi) is 6.86. The lowest BCUT2D eigenvalue weighted by Gasteiger charge is -2.37. The summed E-state index contributed by atoms with van der Waals surface area (Å²) in [6.07, 6.45) is 3.12. The average Bonchev–Trinajstić information content (AvgIpc) is 3.23. The Morgan fingerprint density at radius 1 is 1.08 bits per heavy atom. The fourth-order valence-corrected chi connectivity index (χ4v) is 7.16. The molecule has 1 amide bonds. The molecule has 1 aromatic heterocycles. The van der Waals surface area contributed by atoms with Crippen LogP contribution in [0.3, 0.4) is 0 Å². The van der Waals surface area contributed by atoms with Crippen LogP contribution >= 0.6 is 23.1 Å². The fraction of sp³-hybridized carbons (Fsp3) is 0.241. The van der Waals surface area contributed by atoms with E-state index >= 15 is 0 Å². The van der Waals surface area contributed by atoms with Crippen molar-refractivity contribution in [2.75, 3.05) is 11.6 Å². The van der Waals surface area contributed by atoms with Gasteiger partial charge in [-0.25, -0.2) is 4.39 Å². The lowest BCUT2D eigenvalue weighted by Crippen LogP contribution is -2.37. The van der Waals surface area contributed by atoms with Gasteiger partial charge in [0.1, 0.15) is 5.82 Å². The third kappa shape index (κ3) is 4.65. The van der Waals surface area contributed by atoms with Crippen LogP contribution in [0.1, 0.15) is 47.6 Å². The minimum atomic E-state index is -0.480. The van der Waals surface area contributed by atoms with E-state index in [0.29, 0.717) is 35.4 Å². The quantitative estimate of drug-likeness (QED) is 0.360. The zero-order valence-corrected chi connectivity index (χ0v) is 22.0. The molecule has 0 unspecified atom stereocenters. The highest BCUT2D eigenvalue weighted by Crippen LogP contribution is 2.49. The Labute approximate surface area is 218 Å². The Morgan fingerprint density at radius 2 is 1.86 bits per heavy atom. The molecule has 0 saturated carbocycles. The van der Waals surface area contributed by atoms with Crippen LogP contribution in [-0.4, -0.2) is 17.9 Å². The van der Waals surface area contributed by atoms with Gasteiger partial charge in [-0.1, -0.05) is 36.4 Å². The van der Waals surface area contributed by atoms with Gasteiger partial charge in [-0.15, -0.1) is 23.1 Å². The maximum Gasteiger partial charge on any atom is 0.254 e. The highest BCUT2D eigenvalue weighted by molar-refractivity contribution is 8.00. The van der Waals surface area contributed by atoms with Crippen LogP contribution < -0.4 is 10.6 Å². The van der Waals surface area contributed by atoms with Gasteiger partial charge in [0, 0.05) is 45.4 Å². The summed E-state index contributed by atoms with van der Waals surface area (Å²) in [6, 6.07) is 18.1. The van der Waals surface area contributed by atoms with E-state index in [4.69, 9.17) is 0 Å². The lowest BCUT2D eigenvalue weighted by molar-refractivity contribution is -0.116. The Morgan fingerprint density at radius 3 is 2.58 bits per heavy atom. The van der Waals surface area contributed by atoms with Gasteiger partial charge in [0.25, 0.3) is 5.91 Å². The van der Waals surface area contributed by atoms with E-state index in [1.807, 2.05) is 38.3 Å². The normalized spacial score (nSPS) is 19.7. The van der Waals surface area contributed by atoms with Crippen molar-refractivity contribution >= 4 is 40.5 Å². The smallest absolute Gasteiger partial charge is 0.254 e. The van der Waals surface area contributed by atoms with E-state index in [9.17, 15) is 14.0 Å². The first kappa shape index (κ1) is 24.5. The molecule has 2 N–H and O–H groups in total. The number of hydrogen-bond donors (Lipinski definition) is 2. The number of halogens is 1. The van der Waals surface area contributed by atoms with Crippen molar-refractivity contribution < 1.29 is 14.0 Å². The molecule has 2 heterocycles. The summed E-state index contributed by atoms with van der Waals surface area (Å²) in [5.41, 5.74) is 5.27. The first-order valence-corrected chi connectivity index (χ1v) is 13.9. The number of dihydropyridines is 1. The molecule has 5 rings (SSSR count). The number of hydrogen-bond acceptors (Lipinski definition) is 5. The third-order valence-electron chi connectivity index (χ3n) is 6.77. The second-order valence-electron chi connectivity index (χ2n) is 9.20. The SMILES string of the molecule is CSc1sc(C)cc1[C@@H]1C(C(=O)Nc2cccc(F)c2)=C(C)NC2=C1C(=O)C[C@@H](c1ccccc1)C2. The molecule has 1 aliphatic heterocycles. The highest BCUT2D eigenvalue weighted by atomic mass is 32.2. The zero-order valence-electron chi connectivity index (χ0n) is 20.4. The summed E-state index contributed by atoms with van der Waals surface area (Å²) >= 11 is 3.30. The number of carbonyl (C=O) groups excluding carboxylic acids is 2. The summed E-state index contributed by atoms with van der Waals surface area (Å²) in [5, 5.41) is 6.28. The largest absolute Gasteiger partial charge is 0.362 e. The molecule has 36 heavy (non-hydrogen) atoms. The summed E-state index contributed by atoms with van der Waals surface area (Å²) in [6.45, 7) is 3.92. The number of benzene rings is 2. The second-order valence-corrected chi connectivity index (χ2v) is 11.5. The van der Waals surface area contributed by atoms with Crippen molar-refractivity contribution in [2.45, 2.75) is 42.7 Å². The average molecular weight is 519 g/mol. The van der Waals surface area contributed by atoms with Crippen molar-refractivity contribution in [1.82, 2.24) is 5.32 Å².